The van der Waals surface area contributed by atoms with Gasteiger partial charge >= 0.3 is 12.1 Å². The molecule has 1 aromatic heterocycles. The number of halogens is 3. The largest absolute Gasteiger partial charge is 0.470 e. The maximum absolute atomic E-state index is 12.4. The van der Waals surface area contributed by atoms with Crippen molar-refractivity contribution in [2.24, 2.45) is 0 Å². The quantitative estimate of drug-likeness (QED) is 0.930. The summed E-state index contributed by atoms with van der Waals surface area (Å²) in [6.07, 6.45) is -4.62. The second-order valence-corrected chi connectivity index (χ2v) is 5.65. The number of hydrogen-bond acceptors (Lipinski definition) is 4. The average Bonchev–Trinajstić information content (AvgIpc) is 2.84. The van der Waals surface area contributed by atoms with Crippen LogP contribution in [-0.4, -0.2) is 10.2 Å². The van der Waals surface area contributed by atoms with Crippen molar-refractivity contribution in [3.63, 3.8) is 0 Å². The third-order valence-corrected chi connectivity index (χ3v) is 2.87. The minimum Gasteiger partial charge on any atom is -0.415 e. The van der Waals surface area contributed by atoms with Crippen LogP contribution in [0.3, 0.4) is 0 Å². The summed E-state index contributed by atoms with van der Waals surface area (Å²) in [5, 5.41) is 9.42. The molecular formula is C14H16F3N3O. The van der Waals surface area contributed by atoms with Crippen molar-refractivity contribution in [3.05, 3.63) is 41.6 Å². The van der Waals surface area contributed by atoms with E-state index < -0.39 is 12.1 Å². The van der Waals surface area contributed by atoms with E-state index in [2.05, 4.69) is 40.7 Å². The van der Waals surface area contributed by atoms with E-state index >= 15 is 0 Å². The van der Waals surface area contributed by atoms with E-state index in [9.17, 15) is 13.2 Å². The zero-order chi connectivity index (χ0) is 15.7. The van der Waals surface area contributed by atoms with Crippen molar-refractivity contribution in [1.82, 2.24) is 10.2 Å². The van der Waals surface area contributed by atoms with Crippen molar-refractivity contribution in [2.75, 3.05) is 5.32 Å². The lowest BCUT2D eigenvalue weighted by molar-refractivity contribution is -0.157. The molecule has 4 nitrogen and oxygen atoms in total. The average molecular weight is 299 g/mol. The summed E-state index contributed by atoms with van der Waals surface area (Å²) in [5.74, 6) is -1.44. The third kappa shape index (κ3) is 3.74. The summed E-state index contributed by atoms with van der Waals surface area (Å²) < 4.78 is 41.7. The first-order valence-corrected chi connectivity index (χ1v) is 6.41. The van der Waals surface area contributed by atoms with Crippen LogP contribution in [0.4, 0.5) is 18.9 Å². The molecule has 2 aromatic rings. The lowest BCUT2D eigenvalue weighted by atomic mass is 9.86. The SMILES string of the molecule is CC(C)(C)c1ccccc1NCc1nnc(C(F)(F)F)o1. The monoisotopic (exact) mass is 299 g/mol. The molecule has 0 amide bonds. The Morgan fingerprint density at radius 1 is 1.10 bits per heavy atom. The van der Waals surface area contributed by atoms with Gasteiger partial charge in [-0.2, -0.15) is 13.2 Å². The van der Waals surface area contributed by atoms with Gasteiger partial charge in [0.05, 0.1) is 6.54 Å². The Labute approximate surface area is 120 Å². The van der Waals surface area contributed by atoms with E-state index in [0.29, 0.717) is 0 Å². The van der Waals surface area contributed by atoms with Crippen LogP contribution in [-0.2, 0) is 18.1 Å². The second kappa shape index (κ2) is 5.38. The molecule has 0 spiro atoms. The molecule has 1 heterocycles. The van der Waals surface area contributed by atoms with E-state index in [1.807, 2.05) is 24.3 Å². The highest BCUT2D eigenvalue weighted by Gasteiger charge is 2.38. The summed E-state index contributed by atoms with van der Waals surface area (Å²) in [7, 11) is 0. The molecule has 0 aliphatic heterocycles. The number of hydrogen-bond donors (Lipinski definition) is 1. The van der Waals surface area contributed by atoms with Crippen molar-refractivity contribution in [2.45, 2.75) is 38.9 Å². The van der Waals surface area contributed by atoms with Gasteiger partial charge in [-0.05, 0) is 17.0 Å². The Morgan fingerprint density at radius 3 is 2.33 bits per heavy atom. The number of alkyl halides is 3. The minimum atomic E-state index is -4.62. The van der Waals surface area contributed by atoms with Gasteiger partial charge in [0, 0.05) is 5.69 Å². The summed E-state index contributed by atoms with van der Waals surface area (Å²) in [6.45, 7) is 6.21. The lowest BCUT2D eigenvalue weighted by Gasteiger charge is -2.23. The van der Waals surface area contributed by atoms with Gasteiger partial charge in [-0.3, -0.25) is 0 Å². The molecule has 0 fully saturated rings. The zero-order valence-electron chi connectivity index (χ0n) is 12.0. The topological polar surface area (TPSA) is 51.0 Å². The lowest BCUT2D eigenvalue weighted by Crippen LogP contribution is -2.14. The van der Waals surface area contributed by atoms with Crippen molar-refractivity contribution in [1.29, 1.82) is 0 Å². The fraction of sp³-hybridized carbons (Fsp3) is 0.429. The summed E-state index contributed by atoms with van der Waals surface area (Å²) in [6, 6.07) is 7.60. The molecule has 21 heavy (non-hydrogen) atoms. The fourth-order valence-corrected chi connectivity index (χ4v) is 1.90. The third-order valence-electron chi connectivity index (χ3n) is 2.87. The normalized spacial score (nSPS) is 12.5. The highest BCUT2D eigenvalue weighted by molar-refractivity contribution is 5.54. The molecule has 0 atom stereocenters. The van der Waals surface area contributed by atoms with Crippen molar-refractivity contribution < 1.29 is 17.6 Å². The Hall–Kier alpha value is -2.05. The molecule has 0 aliphatic carbocycles. The van der Waals surface area contributed by atoms with Crippen LogP contribution in [0, 0.1) is 0 Å². The number of nitrogens with one attached hydrogen (secondary N) is 1. The number of benzene rings is 1. The number of para-hydroxylation sites is 1. The van der Waals surface area contributed by atoms with E-state index in [1.165, 1.54) is 0 Å². The van der Waals surface area contributed by atoms with Crippen LogP contribution in [0.5, 0.6) is 0 Å². The molecule has 0 unspecified atom stereocenters. The zero-order valence-corrected chi connectivity index (χ0v) is 12.0. The van der Waals surface area contributed by atoms with E-state index in [0.717, 1.165) is 11.3 Å². The number of nitrogens with zero attached hydrogens (tertiary/aromatic N) is 2. The summed E-state index contributed by atoms with van der Waals surface area (Å²) >= 11 is 0. The smallest absolute Gasteiger partial charge is 0.415 e. The molecule has 114 valence electrons. The van der Waals surface area contributed by atoms with Gasteiger partial charge in [-0.15, -0.1) is 10.2 Å². The van der Waals surface area contributed by atoms with E-state index in [-0.39, 0.29) is 17.9 Å². The maximum atomic E-state index is 12.4. The molecule has 0 saturated heterocycles. The van der Waals surface area contributed by atoms with Crippen molar-refractivity contribution in [3.8, 4) is 0 Å². The van der Waals surface area contributed by atoms with Gasteiger partial charge in [0.1, 0.15) is 0 Å². The fourth-order valence-electron chi connectivity index (χ4n) is 1.90. The second-order valence-electron chi connectivity index (χ2n) is 5.65. The summed E-state index contributed by atoms with van der Waals surface area (Å²) in [5.41, 5.74) is 1.80. The molecule has 0 radical (unpaired) electrons. The molecule has 2 rings (SSSR count). The predicted octanol–water partition coefficient (Wildman–Crippen LogP) is 4.00. The Balaban J connectivity index is 2.12. The maximum Gasteiger partial charge on any atom is 0.470 e. The summed E-state index contributed by atoms with van der Waals surface area (Å²) in [4.78, 5) is 0. The Morgan fingerprint density at radius 2 is 1.76 bits per heavy atom. The van der Waals surface area contributed by atoms with Crippen LogP contribution in [0.15, 0.2) is 28.7 Å². The van der Waals surface area contributed by atoms with Crippen LogP contribution < -0.4 is 5.32 Å². The van der Waals surface area contributed by atoms with Gasteiger partial charge < -0.3 is 9.73 Å². The molecule has 1 N–H and O–H groups in total. The van der Waals surface area contributed by atoms with Crippen LogP contribution in [0.25, 0.3) is 0 Å². The van der Waals surface area contributed by atoms with Gasteiger partial charge in [0.25, 0.3) is 0 Å². The first-order valence-electron chi connectivity index (χ1n) is 6.41. The minimum absolute atomic E-state index is 0.0379. The Kier molecular flexibility index (Phi) is 3.93. The first-order chi connectivity index (χ1) is 9.68. The van der Waals surface area contributed by atoms with Crippen LogP contribution >= 0.6 is 0 Å². The highest BCUT2D eigenvalue weighted by Crippen LogP contribution is 2.30. The van der Waals surface area contributed by atoms with Gasteiger partial charge in [-0.1, -0.05) is 39.0 Å². The predicted molar refractivity (Wildman–Crippen MR) is 71.8 cm³/mol. The number of anilines is 1. The Bertz CT molecular complexity index is 614. The van der Waals surface area contributed by atoms with Gasteiger partial charge in [0.15, 0.2) is 0 Å². The molecule has 0 saturated carbocycles. The molecule has 7 heteroatoms. The molecule has 0 bridgehead atoms. The highest BCUT2D eigenvalue weighted by atomic mass is 19.4. The standard InChI is InChI=1S/C14H16F3N3O/c1-13(2,3)9-6-4-5-7-10(9)18-8-11-19-20-12(21-11)14(15,16)17/h4-7,18H,8H2,1-3H3. The first kappa shape index (κ1) is 15.3. The van der Waals surface area contributed by atoms with Crippen LogP contribution in [0.1, 0.15) is 38.1 Å². The van der Waals surface area contributed by atoms with Crippen molar-refractivity contribution >= 4 is 5.69 Å². The van der Waals surface area contributed by atoms with E-state index in [1.54, 1.807) is 0 Å². The molecule has 1 aromatic carbocycles. The molecule has 0 aliphatic rings. The number of aromatic nitrogens is 2. The molecular weight excluding hydrogens is 283 g/mol. The van der Waals surface area contributed by atoms with Gasteiger partial charge in [-0.25, -0.2) is 0 Å². The van der Waals surface area contributed by atoms with E-state index in [4.69, 9.17) is 0 Å². The number of rotatable bonds is 3. The van der Waals surface area contributed by atoms with Crippen LogP contribution in [0.2, 0.25) is 0 Å². The van der Waals surface area contributed by atoms with Gasteiger partial charge in [0.2, 0.25) is 5.89 Å².